The van der Waals surface area contributed by atoms with Gasteiger partial charge < -0.3 is 5.73 Å². The summed E-state index contributed by atoms with van der Waals surface area (Å²) in [6.07, 6.45) is 1.88. The summed E-state index contributed by atoms with van der Waals surface area (Å²) in [6, 6.07) is 18.4. The van der Waals surface area contributed by atoms with Gasteiger partial charge in [0.15, 0.2) is 0 Å². The maximum atomic E-state index is 7.80. The first-order chi connectivity index (χ1) is 10.2. The highest BCUT2D eigenvalue weighted by molar-refractivity contribution is 6.03. The Morgan fingerprint density at radius 1 is 0.810 bits per heavy atom. The lowest BCUT2D eigenvalue weighted by molar-refractivity contribution is 1.18. The Balaban J connectivity index is 2.67. The standard InChI is InChI=1S/C19H22N2/c1-3-15(14-10-6-5-7-11-14)16(4-2)17-12-8-9-13-18(17)19(20)21/h5-13H,3-4H2,1-2H3,(H3,20,21). The Bertz CT molecular complexity index is 654. The van der Waals surface area contributed by atoms with Crippen molar-refractivity contribution in [3.8, 4) is 0 Å². The van der Waals surface area contributed by atoms with Crippen molar-refractivity contribution < 1.29 is 0 Å². The first kappa shape index (κ1) is 15.0. The van der Waals surface area contributed by atoms with Crippen molar-refractivity contribution in [2.45, 2.75) is 26.7 Å². The molecule has 0 aliphatic heterocycles. The Hall–Kier alpha value is -2.35. The molecule has 3 N–H and O–H groups in total. The third-order valence-corrected chi connectivity index (χ3v) is 3.74. The molecule has 21 heavy (non-hydrogen) atoms. The molecule has 0 radical (unpaired) electrons. The molecule has 2 nitrogen and oxygen atoms in total. The highest BCUT2D eigenvalue weighted by Gasteiger charge is 2.13. The molecule has 0 saturated carbocycles. The summed E-state index contributed by atoms with van der Waals surface area (Å²) in [5.41, 5.74) is 11.5. The van der Waals surface area contributed by atoms with Crippen molar-refractivity contribution in [1.82, 2.24) is 0 Å². The van der Waals surface area contributed by atoms with Crippen molar-refractivity contribution in [2.75, 3.05) is 0 Å². The van der Waals surface area contributed by atoms with E-state index in [4.69, 9.17) is 11.1 Å². The fourth-order valence-corrected chi connectivity index (χ4v) is 2.78. The van der Waals surface area contributed by atoms with Crippen molar-refractivity contribution in [1.29, 1.82) is 5.41 Å². The number of allylic oxidation sites excluding steroid dienone is 2. The van der Waals surface area contributed by atoms with Crippen LogP contribution in [-0.4, -0.2) is 5.84 Å². The van der Waals surface area contributed by atoms with E-state index in [2.05, 4.69) is 44.2 Å². The van der Waals surface area contributed by atoms with Crippen LogP contribution in [0, 0.1) is 5.41 Å². The SMILES string of the molecule is CCC(=C(CC)c1ccccc1C(=N)N)c1ccccc1. The molecule has 0 saturated heterocycles. The van der Waals surface area contributed by atoms with Gasteiger partial charge in [-0.05, 0) is 35.1 Å². The minimum atomic E-state index is 0.125. The molecule has 0 aliphatic rings. The molecule has 0 aliphatic carbocycles. The summed E-state index contributed by atoms with van der Waals surface area (Å²) < 4.78 is 0. The Morgan fingerprint density at radius 2 is 1.33 bits per heavy atom. The van der Waals surface area contributed by atoms with Gasteiger partial charge in [-0.2, -0.15) is 0 Å². The molecule has 2 heteroatoms. The number of nitrogens with one attached hydrogen (secondary N) is 1. The van der Waals surface area contributed by atoms with Crippen molar-refractivity contribution >= 4 is 17.0 Å². The number of nitrogen functional groups attached to an aromatic ring is 1. The number of rotatable bonds is 5. The van der Waals surface area contributed by atoms with Crippen LogP contribution in [0.5, 0.6) is 0 Å². The lowest BCUT2D eigenvalue weighted by Gasteiger charge is -2.16. The number of nitrogens with two attached hydrogens (primary N) is 1. The summed E-state index contributed by atoms with van der Waals surface area (Å²) >= 11 is 0. The van der Waals surface area contributed by atoms with E-state index in [0.29, 0.717) is 0 Å². The monoisotopic (exact) mass is 278 g/mol. The summed E-state index contributed by atoms with van der Waals surface area (Å²) in [7, 11) is 0. The fraction of sp³-hybridized carbons (Fsp3) is 0.211. The highest BCUT2D eigenvalue weighted by atomic mass is 14.7. The van der Waals surface area contributed by atoms with Crippen LogP contribution < -0.4 is 5.73 Å². The Morgan fingerprint density at radius 3 is 1.86 bits per heavy atom. The Kier molecular flexibility index (Phi) is 4.94. The van der Waals surface area contributed by atoms with E-state index in [1.54, 1.807) is 0 Å². The molecule has 0 aromatic heterocycles. The maximum absolute atomic E-state index is 7.80. The molecule has 0 heterocycles. The topological polar surface area (TPSA) is 49.9 Å². The Labute approximate surface area is 126 Å². The van der Waals surface area contributed by atoms with Crippen LogP contribution in [0.25, 0.3) is 11.1 Å². The van der Waals surface area contributed by atoms with E-state index in [0.717, 1.165) is 24.0 Å². The molecule has 0 unspecified atom stereocenters. The zero-order chi connectivity index (χ0) is 15.2. The third kappa shape index (κ3) is 3.22. The van der Waals surface area contributed by atoms with E-state index in [1.807, 2.05) is 24.3 Å². The quantitative estimate of drug-likeness (QED) is 0.465. The molecule has 0 atom stereocenters. The van der Waals surface area contributed by atoms with E-state index in [-0.39, 0.29) is 5.84 Å². The van der Waals surface area contributed by atoms with Gasteiger partial charge >= 0.3 is 0 Å². The second-order valence-corrected chi connectivity index (χ2v) is 4.99. The van der Waals surface area contributed by atoms with Gasteiger partial charge in [-0.25, -0.2) is 0 Å². The smallest absolute Gasteiger partial charge is 0.123 e. The van der Waals surface area contributed by atoms with Crippen molar-refractivity contribution in [3.05, 3.63) is 71.3 Å². The first-order valence-electron chi connectivity index (χ1n) is 7.40. The van der Waals surface area contributed by atoms with Gasteiger partial charge in [0, 0.05) is 5.56 Å². The predicted molar refractivity (Wildman–Crippen MR) is 91.3 cm³/mol. The van der Waals surface area contributed by atoms with Gasteiger partial charge in [0.1, 0.15) is 5.84 Å². The molecule has 0 spiro atoms. The summed E-state index contributed by atoms with van der Waals surface area (Å²) in [6.45, 7) is 4.33. The average Bonchev–Trinajstić information content (AvgIpc) is 2.53. The zero-order valence-electron chi connectivity index (χ0n) is 12.7. The van der Waals surface area contributed by atoms with Crippen LogP contribution in [-0.2, 0) is 0 Å². The number of amidine groups is 1. The van der Waals surface area contributed by atoms with Gasteiger partial charge in [-0.15, -0.1) is 0 Å². The summed E-state index contributed by atoms with van der Waals surface area (Å²) in [5.74, 6) is 0.125. The van der Waals surface area contributed by atoms with E-state index in [9.17, 15) is 0 Å². The second-order valence-electron chi connectivity index (χ2n) is 4.99. The van der Waals surface area contributed by atoms with E-state index >= 15 is 0 Å². The second kappa shape index (κ2) is 6.89. The fourth-order valence-electron chi connectivity index (χ4n) is 2.78. The van der Waals surface area contributed by atoms with Crippen molar-refractivity contribution in [2.24, 2.45) is 5.73 Å². The molecular formula is C19H22N2. The van der Waals surface area contributed by atoms with E-state index < -0.39 is 0 Å². The number of benzene rings is 2. The van der Waals surface area contributed by atoms with Crippen LogP contribution in [0.2, 0.25) is 0 Å². The minimum absolute atomic E-state index is 0.125. The number of hydrogen-bond acceptors (Lipinski definition) is 1. The van der Waals surface area contributed by atoms with Gasteiger partial charge in [-0.3, -0.25) is 5.41 Å². The molecule has 2 rings (SSSR count). The molecule has 108 valence electrons. The number of hydrogen-bond donors (Lipinski definition) is 2. The van der Waals surface area contributed by atoms with Crippen LogP contribution >= 0.6 is 0 Å². The van der Waals surface area contributed by atoms with Crippen molar-refractivity contribution in [3.63, 3.8) is 0 Å². The van der Waals surface area contributed by atoms with Crippen LogP contribution in [0.1, 0.15) is 43.4 Å². The lowest BCUT2D eigenvalue weighted by atomic mass is 9.88. The van der Waals surface area contributed by atoms with Gasteiger partial charge in [0.05, 0.1) is 0 Å². The van der Waals surface area contributed by atoms with Crippen LogP contribution in [0.15, 0.2) is 54.6 Å². The lowest BCUT2D eigenvalue weighted by Crippen LogP contribution is -2.13. The molecular weight excluding hydrogens is 256 g/mol. The van der Waals surface area contributed by atoms with Gasteiger partial charge in [0.2, 0.25) is 0 Å². The molecule has 0 bridgehead atoms. The van der Waals surface area contributed by atoms with Gasteiger partial charge in [-0.1, -0.05) is 68.4 Å². The molecule has 0 fully saturated rings. The summed E-state index contributed by atoms with van der Waals surface area (Å²) in [4.78, 5) is 0. The van der Waals surface area contributed by atoms with E-state index in [1.165, 1.54) is 16.7 Å². The van der Waals surface area contributed by atoms with Crippen LogP contribution in [0.3, 0.4) is 0 Å². The minimum Gasteiger partial charge on any atom is -0.384 e. The average molecular weight is 278 g/mol. The normalized spacial score (nSPS) is 11.9. The maximum Gasteiger partial charge on any atom is 0.123 e. The highest BCUT2D eigenvalue weighted by Crippen LogP contribution is 2.32. The molecule has 2 aromatic carbocycles. The zero-order valence-corrected chi connectivity index (χ0v) is 12.7. The van der Waals surface area contributed by atoms with Crippen LogP contribution in [0.4, 0.5) is 0 Å². The third-order valence-electron chi connectivity index (χ3n) is 3.74. The first-order valence-corrected chi connectivity index (χ1v) is 7.40. The molecule has 2 aromatic rings. The largest absolute Gasteiger partial charge is 0.384 e. The molecule has 0 amide bonds. The van der Waals surface area contributed by atoms with Gasteiger partial charge in [0.25, 0.3) is 0 Å². The summed E-state index contributed by atoms with van der Waals surface area (Å²) in [5, 5.41) is 7.80. The predicted octanol–water partition coefficient (Wildman–Crippen LogP) is 4.70.